The van der Waals surface area contributed by atoms with Crippen molar-refractivity contribution in [1.82, 2.24) is 4.57 Å². The highest BCUT2D eigenvalue weighted by atomic mass is 16.1. The maximum atomic E-state index is 11.6. The normalized spacial score (nSPS) is 15.5. The summed E-state index contributed by atoms with van der Waals surface area (Å²) in [6.07, 6.45) is 3.59. The van der Waals surface area contributed by atoms with E-state index in [1.165, 1.54) is 36.0 Å². The maximum absolute atomic E-state index is 11.6. The average Bonchev–Trinajstić information content (AvgIpc) is 3.08. The Kier molecular flexibility index (Phi) is 5.12. The molecule has 2 heterocycles. The fourth-order valence-electron chi connectivity index (χ4n) is 4.46. The molecule has 0 unspecified atom stereocenters. The van der Waals surface area contributed by atoms with Gasteiger partial charge in [-0.3, -0.25) is 4.79 Å². The van der Waals surface area contributed by atoms with Crippen LogP contribution in [0.1, 0.15) is 48.7 Å². The van der Waals surface area contributed by atoms with Gasteiger partial charge in [-0.1, -0.05) is 36.4 Å². The number of rotatable bonds is 5. The van der Waals surface area contributed by atoms with Gasteiger partial charge in [0.05, 0.1) is 5.52 Å². The molecule has 1 aliphatic rings. The zero-order chi connectivity index (χ0) is 19.7. The van der Waals surface area contributed by atoms with E-state index in [2.05, 4.69) is 59.7 Å². The summed E-state index contributed by atoms with van der Waals surface area (Å²) in [5.41, 5.74) is 8.60. The largest absolute Gasteiger partial charge is 0.366 e. The molecule has 1 fully saturated rings. The van der Waals surface area contributed by atoms with Crippen LogP contribution in [0.4, 0.5) is 5.82 Å². The number of fused-ring (bicyclic) bond motifs is 1. The molecule has 3 aromatic rings. The predicted molar refractivity (Wildman–Crippen MR) is 116 cm³/mol. The van der Waals surface area contributed by atoms with E-state index in [1.807, 2.05) is 18.2 Å². The SMILES string of the molecule is CC(C)n1c(N2CCC(Cc3ccccc3)CC2)cc2ccc(C(N)=O)cc21. The molecule has 1 aliphatic heterocycles. The molecule has 4 heteroatoms. The molecule has 1 aromatic heterocycles. The first-order chi connectivity index (χ1) is 13.5. The zero-order valence-corrected chi connectivity index (χ0v) is 16.8. The van der Waals surface area contributed by atoms with E-state index in [-0.39, 0.29) is 5.91 Å². The molecule has 146 valence electrons. The van der Waals surface area contributed by atoms with E-state index in [0.29, 0.717) is 11.6 Å². The average molecular weight is 376 g/mol. The first kappa shape index (κ1) is 18.6. The monoisotopic (exact) mass is 375 g/mol. The van der Waals surface area contributed by atoms with E-state index < -0.39 is 0 Å². The van der Waals surface area contributed by atoms with Gasteiger partial charge in [-0.15, -0.1) is 0 Å². The molecule has 0 bridgehead atoms. The third kappa shape index (κ3) is 3.64. The van der Waals surface area contributed by atoms with Crippen LogP contribution in [0, 0.1) is 5.92 Å². The Labute approximate surface area is 166 Å². The fraction of sp³-hybridized carbons (Fsp3) is 0.375. The molecule has 0 spiro atoms. The standard InChI is InChI=1S/C24H29N3O/c1-17(2)27-22-15-21(24(25)28)9-8-20(22)16-23(27)26-12-10-19(11-13-26)14-18-6-4-3-5-7-18/h3-9,15-17,19H,10-14H2,1-2H3,(H2,25,28). The molecule has 4 rings (SSSR count). The van der Waals surface area contributed by atoms with E-state index in [4.69, 9.17) is 5.73 Å². The number of carbonyl (C=O) groups is 1. The molecule has 0 atom stereocenters. The van der Waals surface area contributed by atoms with Crippen molar-refractivity contribution >= 4 is 22.6 Å². The molecule has 28 heavy (non-hydrogen) atoms. The Morgan fingerprint density at radius 3 is 2.43 bits per heavy atom. The van der Waals surface area contributed by atoms with Crippen LogP contribution >= 0.6 is 0 Å². The van der Waals surface area contributed by atoms with Gasteiger partial charge in [0.2, 0.25) is 5.91 Å². The second kappa shape index (κ2) is 7.70. The number of nitrogens with two attached hydrogens (primary N) is 1. The number of aromatic nitrogens is 1. The van der Waals surface area contributed by atoms with Crippen LogP contribution in [0.5, 0.6) is 0 Å². The smallest absolute Gasteiger partial charge is 0.248 e. The van der Waals surface area contributed by atoms with Crippen LogP contribution in [-0.4, -0.2) is 23.6 Å². The molecule has 0 radical (unpaired) electrons. The number of carbonyl (C=O) groups excluding carboxylic acids is 1. The summed E-state index contributed by atoms with van der Waals surface area (Å²) in [5, 5.41) is 1.17. The van der Waals surface area contributed by atoms with Gasteiger partial charge in [-0.05, 0) is 62.8 Å². The third-order valence-electron chi connectivity index (χ3n) is 5.93. The van der Waals surface area contributed by atoms with Crippen molar-refractivity contribution in [3.05, 3.63) is 65.7 Å². The molecule has 4 nitrogen and oxygen atoms in total. The fourth-order valence-corrected chi connectivity index (χ4v) is 4.46. The van der Waals surface area contributed by atoms with Crippen molar-refractivity contribution in [3.63, 3.8) is 0 Å². The van der Waals surface area contributed by atoms with Crippen molar-refractivity contribution < 1.29 is 4.79 Å². The highest BCUT2D eigenvalue weighted by Gasteiger charge is 2.23. The number of anilines is 1. The summed E-state index contributed by atoms with van der Waals surface area (Å²) in [4.78, 5) is 14.1. The quantitative estimate of drug-likeness (QED) is 0.698. The lowest BCUT2D eigenvalue weighted by Crippen LogP contribution is -2.35. The Balaban J connectivity index is 1.56. The summed E-state index contributed by atoms with van der Waals surface area (Å²) in [5.74, 6) is 1.63. The molecule has 2 N–H and O–H groups in total. The number of hydrogen-bond donors (Lipinski definition) is 1. The number of amides is 1. The Morgan fingerprint density at radius 2 is 1.79 bits per heavy atom. The van der Waals surface area contributed by atoms with Gasteiger partial charge in [-0.25, -0.2) is 0 Å². The van der Waals surface area contributed by atoms with Gasteiger partial charge >= 0.3 is 0 Å². The molecule has 0 aliphatic carbocycles. The van der Waals surface area contributed by atoms with Crippen LogP contribution in [0.2, 0.25) is 0 Å². The van der Waals surface area contributed by atoms with Crippen molar-refractivity contribution in [2.75, 3.05) is 18.0 Å². The topological polar surface area (TPSA) is 51.3 Å². The van der Waals surface area contributed by atoms with E-state index >= 15 is 0 Å². The summed E-state index contributed by atoms with van der Waals surface area (Å²) >= 11 is 0. The lowest BCUT2D eigenvalue weighted by atomic mass is 9.90. The van der Waals surface area contributed by atoms with Gasteiger partial charge in [0.15, 0.2) is 0 Å². The minimum atomic E-state index is -0.373. The second-order valence-electron chi connectivity index (χ2n) is 8.22. The molecule has 0 saturated carbocycles. The van der Waals surface area contributed by atoms with Gasteiger partial charge in [0.25, 0.3) is 0 Å². The molecule has 1 amide bonds. The van der Waals surface area contributed by atoms with Crippen LogP contribution in [0.3, 0.4) is 0 Å². The minimum absolute atomic E-state index is 0.317. The minimum Gasteiger partial charge on any atom is -0.366 e. The third-order valence-corrected chi connectivity index (χ3v) is 5.93. The lowest BCUT2D eigenvalue weighted by molar-refractivity contribution is 0.100. The summed E-state index contributed by atoms with van der Waals surface area (Å²) in [7, 11) is 0. The Morgan fingerprint density at radius 1 is 1.07 bits per heavy atom. The summed E-state index contributed by atoms with van der Waals surface area (Å²) in [6.45, 7) is 6.54. The lowest BCUT2D eigenvalue weighted by Gasteiger charge is -2.35. The van der Waals surface area contributed by atoms with Crippen molar-refractivity contribution in [2.24, 2.45) is 11.7 Å². The number of piperidine rings is 1. The van der Waals surface area contributed by atoms with E-state index in [1.54, 1.807) is 0 Å². The highest BCUT2D eigenvalue weighted by molar-refractivity contribution is 5.98. The Hall–Kier alpha value is -2.75. The van der Waals surface area contributed by atoms with Gasteiger partial charge < -0.3 is 15.2 Å². The molecular weight excluding hydrogens is 346 g/mol. The van der Waals surface area contributed by atoms with Crippen molar-refractivity contribution in [1.29, 1.82) is 0 Å². The summed E-state index contributed by atoms with van der Waals surface area (Å²) in [6, 6.07) is 19.2. The number of primary amides is 1. The van der Waals surface area contributed by atoms with Gasteiger partial charge in [0, 0.05) is 30.1 Å². The van der Waals surface area contributed by atoms with Crippen LogP contribution in [0.25, 0.3) is 10.9 Å². The van der Waals surface area contributed by atoms with E-state index in [0.717, 1.165) is 24.5 Å². The summed E-state index contributed by atoms with van der Waals surface area (Å²) < 4.78 is 2.35. The zero-order valence-electron chi connectivity index (χ0n) is 16.8. The highest BCUT2D eigenvalue weighted by Crippen LogP contribution is 2.33. The first-order valence-corrected chi connectivity index (χ1v) is 10.3. The van der Waals surface area contributed by atoms with Crippen LogP contribution < -0.4 is 10.6 Å². The molecular formula is C24H29N3O. The van der Waals surface area contributed by atoms with Crippen molar-refractivity contribution in [3.8, 4) is 0 Å². The van der Waals surface area contributed by atoms with Gasteiger partial charge in [-0.2, -0.15) is 0 Å². The molecule has 1 saturated heterocycles. The molecule has 2 aromatic carbocycles. The maximum Gasteiger partial charge on any atom is 0.248 e. The van der Waals surface area contributed by atoms with Crippen LogP contribution in [-0.2, 0) is 6.42 Å². The van der Waals surface area contributed by atoms with Crippen LogP contribution in [0.15, 0.2) is 54.6 Å². The van der Waals surface area contributed by atoms with Gasteiger partial charge in [0.1, 0.15) is 5.82 Å². The van der Waals surface area contributed by atoms with Crippen molar-refractivity contribution in [2.45, 2.75) is 39.2 Å². The Bertz CT molecular complexity index is 966. The number of benzene rings is 2. The first-order valence-electron chi connectivity index (χ1n) is 10.3. The number of hydrogen-bond acceptors (Lipinski definition) is 2. The second-order valence-corrected chi connectivity index (χ2v) is 8.22. The number of nitrogens with zero attached hydrogens (tertiary/aromatic N) is 2. The van der Waals surface area contributed by atoms with E-state index in [9.17, 15) is 4.79 Å². The predicted octanol–water partition coefficient (Wildman–Crippen LogP) is 4.78.